The maximum absolute atomic E-state index is 13.3. The zero-order valence-corrected chi connectivity index (χ0v) is 10.4. The molecule has 0 saturated heterocycles. The van der Waals surface area contributed by atoms with E-state index < -0.39 is 28.8 Å². The van der Waals surface area contributed by atoms with Gasteiger partial charge < -0.3 is 15.3 Å². The molecule has 2 aromatic rings. The van der Waals surface area contributed by atoms with Gasteiger partial charge in [0.1, 0.15) is 22.9 Å². The monoisotopic (exact) mass is 348 g/mol. The topological polar surface area (TPSA) is 77.8 Å². The Hall–Kier alpha value is -1.57. The molecule has 17 heavy (non-hydrogen) atoms. The minimum atomic E-state index is -1.47. The highest BCUT2D eigenvalue weighted by Crippen LogP contribution is 2.36. The van der Waals surface area contributed by atoms with Crippen LogP contribution in [0.25, 0.3) is 10.8 Å². The Morgan fingerprint density at radius 1 is 1.24 bits per heavy atom. The van der Waals surface area contributed by atoms with Gasteiger partial charge in [0.15, 0.2) is 0 Å². The Labute approximate surface area is 108 Å². The van der Waals surface area contributed by atoms with Gasteiger partial charge in [-0.3, -0.25) is 0 Å². The van der Waals surface area contributed by atoms with Gasteiger partial charge in [0.2, 0.25) is 0 Å². The summed E-state index contributed by atoms with van der Waals surface area (Å²) in [5, 5.41) is 28.4. The van der Waals surface area contributed by atoms with Gasteiger partial charge in [-0.25, -0.2) is 9.18 Å². The van der Waals surface area contributed by atoms with Crippen LogP contribution in [0.4, 0.5) is 4.39 Å². The molecule has 0 bridgehead atoms. The van der Waals surface area contributed by atoms with Crippen molar-refractivity contribution in [1.82, 2.24) is 0 Å². The normalized spacial score (nSPS) is 10.7. The van der Waals surface area contributed by atoms with Crippen LogP contribution in [0.5, 0.6) is 11.5 Å². The number of phenols is 2. The number of halogens is 2. The van der Waals surface area contributed by atoms with Crippen LogP contribution in [-0.2, 0) is 0 Å². The van der Waals surface area contributed by atoms with Crippen LogP contribution in [0.3, 0.4) is 0 Å². The highest BCUT2D eigenvalue weighted by atomic mass is 127. The fourth-order valence-corrected chi connectivity index (χ4v) is 2.06. The van der Waals surface area contributed by atoms with E-state index in [1.165, 1.54) is 12.1 Å². The van der Waals surface area contributed by atoms with E-state index in [1.807, 2.05) is 0 Å². The number of carbonyl (C=O) groups is 1. The molecule has 0 unspecified atom stereocenters. The number of hydrogen-bond donors (Lipinski definition) is 3. The van der Waals surface area contributed by atoms with Gasteiger partial charge in [-0.05, 0) is 46.2 Å². The third-order valence-corrected chi connectivity index (χ3v) is 3.17. The summed E-state index contributed by atoms with van der Waals surface area (Å²) in [4.78, 5) is 10.8. The van der Waals surface area contributed by atoms with E-state index in [9.17, 15) is 19.4 Å². The van der Waals surface area contributed by atoms with E-state index in [-0.39, 0.29) is 5.39 Å². The zero-order valence-electron chi connectivity index (χ0n) is 8.24. The standard InChI is InChI=1S/C11H6FIO4/c12-6-3-5-4(1-7(6)13)2-8(14)9(10(5)15)11(16)17/h1-3,14-15H,(H,16,17). The molecule has 0 radical (unpaired) electrons. The summed E-state index contributed by atoms with van der Waals surface area (Å²) < 4.78 is 13.7. The molecule has 0 fully saturated rings. The van der Waals surface area contributed by atoms with Crippen molar-refractivity contribution in [2.45, 2.75) is 0 Å². The molecule has 0 aromatic heterocycles. The Balaban J connectivity index is 2.92. The first kappa shape index (κ1) is 11.9. The summed E-state index contributed by atoms with van der Waals surface area (Å²) in [7, 11) is 0. The van der Waals surface area contributed by atoms with Crippen molar-refractivity contribution in [2.75, 3.05) is 0 Å². The molecule has 0 amide bonds. The van der Waals surface area contributed by atoms with Gasteiger partial charge in [-0.15, -0.1) is 0 Å². The van der Waals surface area contributed by atoms with Gasteiger partial charge in [0.05, 0.1) is 0 Å². The number of carboxylic acids is 1. The Bertz CT molecular complexity index is 639. The molecule has 2 aromatic carbocycles. The van der Waals surface area contributed by atoms with Crippen molar-refractivity contribution in [3.05, 3.63) is 33.1 Å². The largest absolute Gasteiger partial charge is 0.507 e. The van der Waals surface area contributed by atoms with Crippen molar-refractivity contribution < 1.29 is 24.5 Å². The first-order valence-electron chi connectivity index (χ1n) is 4.48. The highest BCUT2D eigenvalue weighted by Gasteiger charge is 2.19. The maximum atomic E-state index is 13.3. The highest BCUT2D eigenvalue weighted by molar-refractivity contribution is 14.1. The summed E-state index contributed by atoms with van der Waals surface area (Å²) in [5.74, 6) is -3.22. The molecule has 2 rings (SSSR count). The second-order valence-corrected chi connectivity index (χ2v) is 4.57. The fraction of sp³-hybridized carbons (Fsp3) is 0. The molecule has 0 aliphatic rings. The van der Waals surface area contributed by atoms with E-state index in [0.29, 0.717) is 8.96 Å². The SMILES string of the molecule is O=C(O)c1c(O)cc2cc(I)c(F)cc2c1O. The number of hydrogen-bond acceptors (Lipinski definition) is 3. The van der Waals surface area contributed by atoms with Gasteiger partial charge in [0.25, 0.3) is 0 Å². The third kappa shape index (κ3) is 1.88. The van der Waals surface area contributed by atoms with Crippen LogP contribution < -0.4 is 0 Å². The Morgan fingerprint density at radius 2 is 1.88 bits per heavy atom. The van der Waals surface area contributed by atoms with Crippen molar-refractivity contribution >= 4 is 39.3 Å². The van der Waals surface area contributed by atoms with E-state index in [0.717, 1.165) is 6.07 Å². The van der Waals surface area contributed by atoms with Crippen LogP contribution in [0.2, 0.25) is 0 Å². The molecule has 6 heteroatoms. The van der Waals surface area contributed by atoms with Crippen LogP contribution in [-0.4, -0.2) is 21.3 Å². The molecule has 88 valence electrons. The van der Waals surface area contributed by atoms with Gasteiger partial charge in [-0.2, -0.15) is 0 Å². The van der Waals surface area contributed by atoms with Crippen molar-refractivity contribution in [1.29, 1.82) is 0 Å². The van der Waals surface area contributed by atoms with Crippen molar-refractivity contribution in [2.24, 2.45) is 0 Å². The Morgan fingerprint density at radius 3 is 2.47 bits per heavy atom. The van der Waals surface area contributed by atoms with Crippen LogP contribution >= 0.6 is 22.6 Å². The van der Waals surface area contributed by atoms with Gasteiger partial charge in [0, 0.05) is 8.96 Å². The second kappa shape index (κ2) is 4.02. The maximum Gasteiger partial charge on any atom is 0.343 e. The number of aromatic hydroxyl groups is 2. The van der Waals surface area contributed by atoms with E-state index in [4.69, 9.17) is 5.11 Å². The van der Waals surface area contributed by atoms with Crippen LogP contribution in [0.1, 0.15) is 10.4 Å². The predicted molar refractivity (Wildman–Crippen MR) is 66.9 cm³/mol. The molecule has 0 saturated carbocycles. The molecule has 0 aliphatic carbocycles. The number of carboxylic acid groups (broad SMARTS) is 1. The quantitative estimate of drug-likeness (QED) is 0.693. The van der Waals surface area contributed by atoms with Crippen LogP contribution in [0, 0.1) is 9.39 Å². The van der Waals surface area contributed by atoms with E-state index in [1.54, 1.807) is 22.6 Å². The summed E-state index contributed by atoms with van der Waals surface area (Å²) in [6, 6.07) is 3.63. The fourth-order valence-electron chi connectivity index (χ4n) is 1.57. The molecule has 0 aliphatic heterocycles. The minimum Gasteiger partial charge on any atom is -0.507 e. The molecule has 4 nitrogen and oxygen atoms in total. The predicted octanol–water partition coefficient (Wildman–Crippen LogP) is 2.69. The molecule has 0 spiro atoms. The smallest absolute Gasteiger partial charge is 0.343 e. The number of aromatic carboxylic acids is 1. The van der Waals surface area contributed by atoms with Crippen molar-refractivity contribution in [3.63, 3.8) is 0 Å². The lowest BCUT2D eigenvalue weighted by atomic mass is 10.0. The van der Waals surface area contributed by atoms with Crippen LogP contribution in [0.15, 0.2) is 18.2 Å². The number of rotatable bonds is 1. The van der Waals surface area contributed by atoms with E-state index in [2.05, 4.69) is 0 Å². The number of fused-ring (bicyclic) bond motifs is 1. The number of benzene rings is 2. The lowest BCUT2D eigenvalue weighted by molar-refractivity contribution is 0.0691. The summed E-state index contributed by atoms with van der Waals surface area (Å²) in [6.45, 7) is 0. The first-order valence-corrected chi connectivity index (χ1v) is 5.56. The zero-order chi connectivity index (χ0) is 12.7. The molecule has 3 N–H and O–H groups in total. The van der Waals surface area contributed by atoms with Crippen molar-refractivity contribution in [3.8, 4) is 11.5 Å². The summed E-state index contributed by atoms with van der Waals surface area (Å²) in [5.41, 5.74) is -0.627. The average molecular weight is 348 g/mol. The van der Waals surface area contributed by atoms with Gasteiger partial charge >= 0.3 is 5.97 Å². The van der Waals surface area contributed by atoms with Gasteiger partial charge in [-0.1, -0.05) is 0 Å². The lowest BCUT2D eigenvalue weighted by Crippen LogP contribution is -1.98. The molecule has 0 atom stereocenters. The van der Waals surface area contributed by atoms with E-state index >= 15 is 0 Å². The molecular formula is C11H6FIO4. The first-order chi connectivity index (χ1) is 7.91. The third-order valence-electron chi connectivity index (χ3n) is 2.35. The second-order valence-electron chi connectivity index (χ2n) is 3.41. The lowest BCUT2D eigenvalue weighted by Gasteiger charge is -2.08. The Kier molecular flexibility index (Phi) is 2.82. The molecule has 0 heterocycles. The minimum absolute atomic E-state index is 0.0538. The average Bonchev–Trinajstić information content (AvgIpc) is 2.21. The summed E-state index contributed by atoms with van der Waals surface area (Å²) in [6.07, 6.45) is 0. The molecular weight excluding hydrogens is 342 g/mol. The summed E-state index contributed by atoms with van der Waals surface area (Å²) >= 11 is 1.76.